The van der Waals surface area contributed by atoms with Crippen molar-refractivity contribution in [3.05, 3.63) is 88.9 Å². The van der Waals surface area contributed by atoms with Gasteiger partial charge in [-0.1, -0.05) is 41.9 Å². The van der Waals surface area contributed by atoms with E-state index in [1.54, 1.807) is 12.1 Å². The Bertz CT molecular complexity index is 1250. The van der Waals surface area contributed by atoms with Crippen LogP contribution in [0.3, 0.4) is 0 Å². The minimum absolute atomic E-state index is 0.118. The summed E-state index contributed by atoms with van der Waals surface area (Å²) in [4.78, 5) is 12.5. The Morgan fingerprint density at radius 1 is 1.03 bits per heavy atom. The lowest BCUT2D eigenvalue weighted by molar-refractivity contribution is -0.137. The first-order valence-electron chi connectivity index (χ1n) is 9.84. The van der Waals surface area contributed by atoms with Crippen LogP contribution in [0.5, 0.6) is 5.75 Å². The predicted molar refractivity (Wildman–Crippen MR) is 124 cm³/mol. The van der Waals surface area contributed by atoms with Gasteiger partial charge >= 0.3 is 6.18 Å². The number of hydrogen-bond acceptors (Lipinski definition) is 4. The standard InChI is InChI=1S/C23H20ClF3N2O4S/c1-34(31,32)29(14-22(30)28-21-13-17(23(25,26)27)7-12-20(21)24)18-8-10-19(11-9-18)33-15-16-5-3-2-4-6-16/h2-13H,14-15H2,1H3,(H,28,30). The molecule has 0 aliphatic rings. The maximum atomic E-state index is 13.0. The number of benzene rings is 3. The second-order valence-electron chi connectivity index (χ2n) is 7.28. The molecule has 0 unspecified atom stereocenters. The lowest BCUT2D eigenvalue weighted by Gasteiger charge is -2.22. The molecule has 0 heterocycles. The van der Waals surface area contributed by atoms with E-state index in [-0.39, 0.29) is 16.4 Å². The van der Waals surface area contributed by atoms with E-state index in [0.29, 0.717) is 18.4 Å². The van der Waals surface area contributed by atoms with E-state index in [0.717, 1.165) is 28.3 Å². The minimum atomic E-state index is -4.63. The lowest BCUT2D eigenvalue weighted by atomic mass is 10.2. The first-order chi connectivity index (χ1) is 15.9. The summed E-state index contributed by atoms with van der Waals surface area (Å²) in [5, 5.41) is 2.12. The molecule has 34 heavy (non-hydrogen) atoms. The van der Waals surface area contributed by atoms with Crippen molar-refractivity contribution >= 4 is 38.9 Å². The molecular formula is C23H20ClF3N2O4S. The van der Waals surface area contributed by atoms with E-state index in [2.05, 4.69) is 5.32 Å². The molecule has 3 aromatic rings. The zero-order valence-corrected chi connectivity index (χ0v) is 19.4. The van der Waals surface area contributed by atoms with Crippen LogP contribution in [-0.4, -0.2) is 27.1 Å². The Morgan fingerprint density at radius 2 is 1.68 bits per heavy atom. The van der Waals surface area contributed by atoms with E-state index in [4.69, 9.17) is 16.3 Å². The van der Waals surface area contributed by atoms with Crippen LogP contribution in [-0.2, 0) is 27.6 Å². The summed E-state index contributed by atoms with van der Waals surface area (Å²) in [5.41, 5.74) is -0.146. The molecule has 0 spiro atoms. The van der Waals surface area contributed by atoms with E-state index in [1.807, 2.05) is 30.3 Å². The molecule has 0 aliphatic carbocycles. The second kappa shape index (κ2) is 10.4. The first kappa shape index (κ1) is 25.4. The van der Waals surface area contributed by atoms with Crippen molar-refractivity contribution in [2.45, 2.75) is 12.8 Å². The van der Waals surface area contributed by atoms with Gasteiger partial charge in [0.15, 0.2) is 0 Å². The van der Waals surface area contributed by atoms with Gasteiger partial charge < -0.3 is 10.1 Å². The number of nitrogens with zero attached hydrogens (tertiary/aromatic N) is 1. The van der Waals surface area contributed by atoms with E-state index < -0.39 is 34.2 Å². The number of sulfonamides is 1. The van der Waals surface area contributed by atoms with Crippen LogP contribution >= 0.6 is 11.6 Å². The predicted octanol–water partition coefficient (Wildman–Crippen LogP) is 5.34. The number of anilines is 2. The van der Waals surface area contributed by atoms with Gasteiger partial charge in [-0.05, 0) is 48.0 Å². The number of carbonyl (C=O) groups is 1. The lowest BCUT2D eigenvalue weighted by Crippen LogP contribution is -2.37. The van der Waals surface area contributed by atoms with E-state index >= 15 is 0 Å². The molecule has 0 aromatic heterocycles. The van der Waals surface area contributed by atoms with Gasteiger partial charge in [0.25, 0.3) is 0 Å². The van der Waals surface area contributed by atoms with Crippen molar-refractivity contribution in [1.29, 1.82) is 0 Å². The fourth-order valence-electron chi connectivity index (χ4n) is 2.97. The normalized spacial score (nSPS) is 11.7. The molecule has 11 heteroatoms. The Balaban J connectivity index is 1.72. The van der Waals surface area contributed by atoms with Crippen molar-refractivity contribution in [1.82, 2.24) is 0 Å². The molecule has 0 aliphatic heterocycles. The molecule has 1 N–H and O–H groups in total. The van der Waals surface area contributed by atoms with Crippen LogP contribution < -0.4 is 14.4 Å². The summed E-state index contributed by atoms with van der Waals surface area (Å²) in [5.74, 6) is -0.377. The Labute approximate surface area is 200 Å². The second-order valence-corrected chi connectivity index (χ2v) is 9.59. The van der Waals surface area contributed by atoms with Gasteiger partial charge in [0, 0.05) is 0 Å². The molecule has 3 rings (SSSR count). The number of carbonyl (C=O) groups excluding carboxylic acids is 1. The summed E-state index contributed by atoms with van der Waals surface area (Å²) < 4.78 is 70.0. The van der Waals surface area contributed by atoms with Gasteiger partial charge in [0.2, 0.25) is 15.9 Å². The number of nitrogens with one attached hydrogen (secondary N) is 1. The zero-order chi connectivity index (χ0) is 24.9. The third-order valence-electron chi connectivity index (χ3n) is 4.63. The molecule has 0 saturated carbocycles. The summed E-state index contributed by atoms with van der Waals surface area (Å²) in [7, 11) is -3.90. The topological polar surface area (TPSA) is 75.7 Å². The fourth-order valence-corrected chi connectivity index (χ4v) is 3.99. The quantitative estimate of drug-likeness (QED) is 0.442. The summed E-state index contributed by atoms with van der Waals surface area (Å²) in [6, 6.07) is 17.9. The average Bonchev–Trinajstić information content (AvgIpc) is 2.77. The third-order valence-corrected chi connectivity index (χ3v) is 6.10. The summed E-state index contributed by atoms with van der Waals surface area (Å²) >= 11 is 5.90. The smallest absolute Gasteiger partial charge is 0.416 e. The van der Waals surface area contributed by atoms with Crippen LogP contribution in [0.2, 0.25) is 5.02 Å². The number of rotatable bonds is 8. The number of alkyl halides is 3. The summed E-state index contributed by atoms with van der Waals surface area (Å²) in [6.45, 7) is -0.355. The molecular weight excluding hydrogens is 493 g/mol. The molecule has 0 atom stereocenters. The van der Waals surface area contributed by atoms with Crippen LogP contribution in [0, 0.1) is 0 Å². The van der Waals surface area contributed by atoms with Crippen LogP contribution in [0.1, 0.15) is 11.1 Å². The first-order valence-corrected chi connectivity index (χ1v) is 12.1. The Kier molecular flexibility index (Phi) is 7.73. The highest BCUT2D eigenvalue weighted by atomic mass is 35.5. The van der Waals surface area contributed by atoms with Gasteiger partial charge in [-0.15, -0.1) is 0 Å². The Morgan fingerprint density at radius 3 is 2.26 bits per heavy atom. The van der Waals surface area contributed by atoms with Crippen LogP contribution in [0.4, 0.5) is 24.5 Å². The van der Waals surface area contributed by atoms with Gasteiger partial charge in [0.05, 0.1) is 28.2 Å². The van der Waals surface area contributed by atoms with Crippen LogP contribution in [0.15, 0.2) is 72.8 Å². The Hall–Kier alpha value is -3.24. The third kappa shape index (κ3) is 6.88. The van der Waals surface area contributed by atoms with E-state index in [1.165, 1.54) is 12.1 Å². The highest BCUT2D eigenvalue weighted by Gasteiger charge is 2.31. The average molecular weight is 513 g/mol. The minimum Gasteiger partial charge on any atom is -0.489 e. The molecule has 180 valence electrons. The van der Waals surface area contributed by atoms with Crippen molar-refractivity contribution in [3.8, 4) is 5.75 Å². The SMILES string of the molecule is CS(=O)(=O)N(CC(=O)Nc1cc(C(F)(F)F)ccc1Cl)c1ccc(OCc2ccccc2)cc1. The van der Waals surface area contributed by atoms with E-state index in [9.17, 15) is 26.4 Å². The highest BCUT2D eigenvalue weighted by Crippen LogP contribution is 2.34. The maximum absolute atomic E-state index is 13.0. The van der Waals surface area contributed by atoms with Crippen molar-refractivity contribution < 1.29 is 31.1 Å². The monoisotopic (exact) mass is 512 g/mol. The highest BCUT2D eigenvalue weighted by molar-refractivity contribution is 7.92. The number of hydrogen-bond donors (Lipinski definition) is 1. The van der Waals surface area contributed by atoms with Crippen LogP contribution in [0.25, 0.3) is 0 Å². The van der Waals surface area contributed by atoms with Crippen molar-refractivity contribution in [3.63, 3.8) is 0 Å². The summed E-state index contributed by atoms with van der Waals surface area (Å²) in [6.07, 6.45) is -3.72. The molecule has 3 aromatic carbocycles. The molecule has 1 amide bonds. The number of ether oxygens (including phenoxy) is 1. The largest absolute Gasteiger partial charge is 0.489 e. The van der Waals surface area contributed by atoms with Gasteiger partial charge in [0.1, 0.15) is 18.9 Å². The molecule has 0 saturated heterocycles. The van der Waals surface area contributed by atoms with Gasteiger partial charge in [-0.25, -0.2) is 8.42 Å². The van der Waals surface area contributed by atoms with Gasteiger partial charge in [-0.2, -0.15) is 13.2 Å². The molecule has 6 nitrogen and oxygen atoms in total. The van der Waals surface area contributed by atoms with Gasteiger partial charge in [-0.3, -0.25) is 9.10 Å². The molecule has 0 radical (unpaired) electrons. The van der Waals surface area contributed by atoms with Crippen molar-refractivity contribution in [2.24, 2.45) is 0 Å². The zero-order valence-electron chi connectivity index (χ0n) is 17.8. The molecule has 0 fully saturated rings. The number of halogens is 4. The van der Waals surface area contributed by atoms with Crippen molar-refractivity contribution in [2.75, 3.05) is 22.4 Å². The fraction of sp³-hybridized carbons (Fsp3) is 0.174. The molecule has 0 bridgehead atoms. The number of amides is 1. The maximum Gasteiger partial charge on any atom is 0.416 e.